The fourth-order valence-electron chi connectivity index (χ4n) is 3.49. The van der Waals surface area contributed by atoms with Crippen LogP contribution in [0.15, 0.2) is 0 Å². The molecule has 0 unspecified atom stereocenters. The molecule has 1 N–H and O–H groups in total. The van der Waals surface area contributed by atoms with Crippen LogP contribution >= 0.6 is 12.2 Å². The number of aromatic amines is 1. The molecule has 0 amide bonds. The van der Waals surface area contributed by atoms with Gasteiger partial charge in [-0.05, 0) is 56.7 Å². The van der Waals surface area contributed by atoms with E-state index >= 15 is 0 Å². The van der Waals surface area contributed by atoms with Crippen molar-refractivity contribution in [3.05, 3.63) is 10.6 Å². The van der Waals surface area contributed by atoms with E-state index in [-0.39, 0.29) is 0 Å². The second kappa shape index (κ2) is 5.78. The van der Waals surface area contributed by atoms with Crippen LogP contribution in [0.2, 0.25) is 0 Å². The largest absolute Gasteiger partial charge is 0.301 e. The summed E-state index contributed by atoms with van der Waals surface area (Å²) in [5.74, 6) is 2.86. The Kier molecular flexibility index (Phi) is 4.06. The number of nitrogens with zero attached hydrogens (tertiary/aromatic N) is 2. The van der Waals surface area contributed by atoms with Gasteiger partial charge in [0.25, 0.3) is 0 Å². The number of nitrogens with one attached hydrogen (secondary N) is 1. The topological polar surface area (TPSA) is 33.6 Å². The number of hydrogen-bond acceptors (Lipinski definition) is 2. The van der Waals surface area contributed by atoms with E-state index in [1.54, 1.807) is 0 Å². The Morgan fingerprint density at radius 2 is 1.95 bits per heavy atom. The maximum Gasteiger partial charge on any atom is 0.195 e. The minimum Gasteiger partial charge on any atom is -0.301 e. The molecule has 3 rings (SSSR count). The Morgan fingerprint density at radius 1 is 1.21 bits per heavy atom. The number of H-pyrrole nitrogens is 1. The maximum absolute atomic E-state index is 5.38. The monoisotopic (exact) mass is 279 g/mol. The Balaban J connectivity index is 1.64. The van der Waals surface area contributed by atoms with Gasteiger partial charge in [0.15, 0.2) is 4.77 Å². The quantitative estimate of drug-likeness (QED) is 0.790. The van der Waals surface area contributed by atoms with Crippen LogP contribution in [0.1, 0.15) is 82.5 Å². The first kappa shape index (κ1) is 13.3. The number of unbranched alkanes of at least 4 members (excludes halogenated alkanes) is 1. The molecule has 2 aliphatic carbocycles. The van der Waals surface area contributed by atoms with E-state index in [0.29, 0.717) is 12.0 Å². The lowest BCUT2D eigenvalue weighted by Gasteiger charge is -2.28. The van der Waals surface area contributed by atoms with Crippen LogP contribution in [0.25, 0.3) is 0 Å². The first-order valence-electron chi connectivity index (χ1n) is 7.96. The van der Waals surface area contributed by atoms with Crippen LogP contribution in [-0.2, 0) is 0 Å². The molecule has 0 spiro atoms. The number of hydrogen-bond donors (Lipinski definition) is 1. The van der Waals surface area contributed by atoms with Crippen molar-refractivity contribution in [3.8, 4) is 0 Å². The lowest BCUT2D eigenvalue weighted by atomic mass is 9.79. The van der Waals surface area contributed by atoms with Crippen LogP contribution < -0.4 is 0 Å². The van der Waals surface area contributed by atoms with E-state index in [0.717, 1.165) is 10.7 Å². The molecular weight excluding hydrogens is 254 g/mol. The standard InChI is InChI=1S/C15H25N3S/c1-2-3-4-11-5-7-12(8-6-11)14-16-17-15(19)18(14)13-9-10-13/h11-13H,2-10H2,1H3,(H,17,19). The summed E-state index contributed by atoms with van der Waals surface area (Å²) >= 11 is 5.38. The lowest BCUT2D eigenvalue weighted by Crippen LogP contribution is -2.17. The average Bonchev–Trinajstić information content (AvgIpc) is 3.20. The van der Waals surface area contributed by atoms with E-state index in [2.05, 4.69) is 21.7 Å². The summed E-state index contributed by atoms with van der Waals surface area (Å²) in [5.41, 5.74) is 0. The SMILES string of the molecule is CCCCC1CCC(c2n[nH]c(=S)n2C2CC2)CC1. The van der Waals surface area contributed by atoms with Gasteiger partial charge in [-0.2, -0.15) is 5.10 Å². The summed E-state index contributed by atoms with van der Waals surface area (Å²) in [6.45, 7) is 2.29. The molecule has 19 heavy (non-hydrogen) atoms. The van der Waals surface area contributed by atoms with E-state index in [9.17, 15) is 0 Å². The molecule has 4 heteroatoms. The highest BCUT2D eigenvalue weighted by atomic mass is 32.1. The van der Waals surface area contributed by atoms with E-state index in [1.807, 2.05) is 0 Å². The zero-order valence-corrected chi connectivity index (χ0v) is 12.7. The fourth-order valence-corrected chi connectivity index (χ4v) is 3.78. The zero-order valence-electron chi connectivity index (χ0n) is 11.9. The average molecular weight is 279 g/mol. The van der Waals surface area contributed by atoms with E-state index in [4.69, 9.17) is 12.2 Å². The minimum atomic E-state index is 0.645. The summed E-state index contributed by atoms with van der Waals surface area (Å²) in [6.07, 6.45) is 12.1. The van der Waals surface area contributed by atoms with Crippen molar-refractivity contribution < 1.29 is 0 Å². The highest BCUT2D eigenvalue weighted by Gasteiger charge is 2.31. The normalized spacial score (nSPS) is 27.6. The highest BCUT2D eigenvalue weighted by molar-refractivity contribution is 7.71. The third-order valence-electron chi connectivity index (χ3n) is 4.82. The molecule has 2 fully saturated rings. The van der Waals surface area contributed by atoms with Gasteiger partial charge in [-0.15, -0.1) is 0 Å². The minimum absolute atomic E-state index is 0.645. The van der Waals surface area contributed by atoms with Crippen LogP contribution in [0, 0.1) is 10.7 Å². The van der Waals surface area contributed by atoms with Gasteiger partial charge in [-0.25, -0.2) is 0 Å². The molecule has 1 heterocycles. The number of aromatic nitrogens is 3. The van der Waals surface area contributed by atoms with Crippen molar-refractivity contribution in [1.29, 1.82) is 0 Å². The van der Waals surface area contributed by atoms with Crippen LogP contribution in [-0.4, -0.2) is 14.8 Å². The second-order valence-electron chi connectivity index (χ2n) is 6.35. The van der Waals surface area contributed by atoms with Crippen molar-refractivity contribution in [3.63, 3.8) is 0 Å². The number of rotatable bonds is 5. The Hall–Kier alpha value is -0.640. The van der Waals surface area contributed by atoms with Crippen LogP contribution in [0.4, 0.5) is 0 Å². The van der Waals surface area contributed by atoms with Gasteiger partial charge in [0, 0.05) is 12.0 Å². The molecule has 0 saturated heterocycles. The van der Waals surface area contributed by atoms with Crippen LogP contribution in [0.5, 0.6) is 0 Å². The molecule has 0 aromatic carbocycles. The smallest absolute Gasteiger partial charge is 0.195 e. The molecule has 106 valence electrons. The molecule has 0 aliphatic heterocycles. The van der Waals surface area contributed by atoms with Gasteiger partial charge in [0.2, 0.25) is 0 Å². The summed E-state index contributed by atoms with van der Waals surface area (Å²) in [4.78, 5) is 0. The van der Waals surface area contributed by atoms with Crippen molar-refractivity contribution in [2.75, 3.05) is 0 Å². The van der Waals surface area contributed by atoms with Gasteiger partial charge in [-0.3, -0.25) is 5.10 Å². The molecule has 2 saturated carbocycles. The van der Waals surface area contributed by atoms with E-state index in [1.165, 1.54) is 63.6 Å². The first-order chi connectivity index (χ1) is 9.29. The van der Waals surface area contributed by atoms with Crippen molar-refractivity contribution >= 4 is 12.2 Å². The molecule has 0 bridgehead atoms. The highest BCUT2D eigenvalue weighted by Crippen LogP contribution is 2.41. The summed E-state index contributed by atoms with van der Waals surface area (Å²) in [7, 11) is 0. The van der Waals surface area contributed by atoms with Crippen molar-refractivity contribution in [2.45, 2.75) is 76.7 Å². The molecule has 1 aromatic rings. The van der Waals surface area contributed by atoms with E-state index < -0.39 is 0 Å². The summed E-state index contributed by atoms with van der Waals surface area (Å²) in [5, 5.41) is 7.55. The predicted octanol–water partition coefficient (Wildman–Crippen LogP) is 4.74. The molecule has 0 atom stereocenters. The molecule has 1 aromatic heterocycles. The van der Waals surface area contributed by atoms with Crippen molar-refractivity contribution in [2.24, 2.45) is 5.92 Å². The molecular formula is C15H25N3S. The van der Waals surface area contributed by atoms with Gasteiger partial charge in [-0.1, -0.05) is 26.2 Å². The molecule has 2 aliphatic rings. The Morgan fingerprint density at radius 3 is 2.58 bits per heavy atom. The second-order valence-corrected chi connectivity index (χ2v) is 6.73. The zero-order chi connectivity index (χ0) is 13.2. The summed E-state index contributed by atoms with van der Waals surface area (Å²) in [6, 6.07) is 0.652. The Labute approximate surface area is 120 Å². The third kappa shape index (κ3) is 2.93. The fraction of sp³-hybridized carbons (Fsp3) is 0.867. The molecule has 0 radical (unpaired) electrons. The maximum atomic E-state index is 5.38. The first-order valence-corrected chi connectivity index (χ1v) is 8.37. The van der Waals surface area contributed by atoms with Gasteiger partial charge in [0.1, 0.15) is 5.82 Å². The van der Waals surface area contributed by atoms with Gasteiger partial charge < -0.3 is 4.57 Å². The molecule has 3 nitrogen and oxygen atoms in total. The van der Waals surface area contributed by atoms with Gasteiger partial charge in [0.05, 0.1) is 0 Å². The summed E-state index contributed by atoms with van der Waals surface area (Å²) < 4.78 is 3.15. The third-order valence-corrected chi connectivity index (χ3v) is 5.11. The van der Waals surface area contributed by atoms with Crippen molar-refractivity contribution in [1.82, 2.24) is 14.8 Å². The predicted molar refractivity (Wildman–Crippen MR) is 79.9 cm³/mol. The van der Waals surface area contributed by atoms with Gasteiger partial charge >= 0.3 is 0 Å². The lowest BCUT2D eigenvalue weighted by molar-refractivity contribution is 0.294. The Bertz CT molecular complexity index is 464. The van der Waals surface area contributed by atoms with Crippen LogP contribution in [0.3, 0.4) is 0 Å².